The van der Waals surface area contributed by atoms with Crippen molar-refractivity contribution in [3.8, 4) is 5.75 Å². The Morgan fingerprint density at radius 3 is 3.00 bits per heavy atom. The van der Waals surface area contributed by atoms with E-state index < -0.39 is 0 Å². The fourth-order valence-corrected chi connectivity index (χ4v) is 2.55. The lowest BCUT2D eigenvalue weighted by molar-refractivity contribution is -0.0245. The summed E-state index contributed by atoms with van der Waals surface area (Å²) in [6.45, 7) is 1.34. The van der Waals surface area contributed by atoms with Crippen LogP contribution < -0.4 is 10.5 Å². The molecule has 1 aliphatic rings. The molecule has 2 N–H and O–H groups in total. The van der Waals surface area contributed by atoms with Gasteiger partial charge in [-0.15, -0.1) is 0 Å². The van der Waals surface area contributed by atoms with Crippen LogP contribution in [0, 0.1) is 0 Å². The molecule has 0 bridgehead atoms. The standard InChI is InChI=1S/C16H18N4O3/c1-22-12-4-2-3-11(9-12)16(21)20-7-8-23-13(10-20)14-15(17)19-6-5-18-14/h2-6,9,13H,7-8,10H2,1H3,(H2,17,19)/t13-/m1/s1. The molecule has 1 aromatic heterocycles. The maximum Gasteiger partial charge on any atom is 0.254 e. The predicted octanol–water partition coefficient (Wildman–Crippen LogP) is 1.28. The summed E-state index contributed by atoms with van der Waals surface area (Å²) >= 11 is 0. The maximum atomic E-state index is 12.7. The van der Waals surface area contributed by atoms with E-state index in [1.807, 2.05) is 0 Å². The molecule has 2 aromatic rings. The monoisotopic (exact) mass is 314 g/mol. The number of nitrogens with two attached hydrogens (primary N) is 1. The largest absolute Gasteiger partial charge is 0.497 e. The summed E-state index contributed by atoms with van der Waals surface area (Å²) in [5.41, 5.74) is 6.99. The molecular weight excluding hydrogens is 296 g/mol. The van der Waals surface area contributed by atoms with Gasteiger partial charge in [-0.1, -0.05) is 6.07 Å². The van der Waals surface area contributed by atoms with Crippen LogP contribution in [0.25, 0.3) is 0 Å². The molecule has 0 radical (unpaired) electrons. The second kappa shape index (κ2) is 6.62. The number of nitrogens with zero attached hydrogens (tertiary/aromatic N) is 3. The first-order chi connectivity index (χ1) is 11.2. The SMILES string of the molecule is COc1cccc(C(=O)N2CCO[C@@H](c3nccnc3N)C2)c1. The number of hydrogen-bond acceptors (Lipinski definition) is 6. The minimum Gasteiger partial charge on any atom is -0.497 e. The topological polar surface area (TPSA) is 90.6 Å². The molecule has 0 spiro atoms. The van der Waals surface area contributed by atoms with Crippen molar-refractivity contribution in [1.82, 2.24) is 14.9 Å². The summed E-state index contributed by atoms with van der Waals surface area (Å²) in [6.07, 6.45) is 2.73. The van der Waals surface area contributed by atoms with Crippen molar-refractivity contribution in [2.45, 2.75) is 6.10 Å². The summed E-state index contributed by atoms with van der Waals surface area (Å²) in [5.74, 6) is 0.909. The number of aromatic nitrogens is 2. The van der Waals surface area contributed by atoms with Crippen molar-refractivity contribution in [1.29, 1.82) is 0 Å². The number of anilines is 1. The number of morpholine rings is 1. The van der Waals surface area contributed by atoms with Crippen LogP contribution in [0.3, 0.4) is 0 Å². The van der Waals surface area contributed by atoms with Crippen molar-refractivity contribution in [3.05, 3.63) is 47.9 Å². The zero-order valence-corrected chi connectivity index (χ0v) is 12.8. The van der Waals surface area contributed by atoms with Crippen molar-refractivity contribution in [2.75, 3.05) is 32.5 Å². The number of rotatable bonds is 3. The maximum absolute atomic E-state index is 12.7. The molecule has 0 unspecified atom stereocenters. The molecule has 0 saturated carbocycles. The quantitative estimate of drug-likeness (QED) is 0.918. The Hall–Kier alpha value is -2.67. The number of ether oxygens (including phenoxy) is 2. The van der Waals surface area contributed by atoms with Crippen LogP contribution in [-0.4, -0.2) is 47.6 Å². The van der Waals surface area contributed by atoms with Gasteiger partial charge in [-0.25, -0.2) is 4.98 Å². The van der Waals surface area contributed by atoms with Gasteiger partial charge in [0.1, 0.15) is 23.4 Å². The van der Waals surface area contributed by atoms with E-state index in [0.29, 0.717) is 42.5 Å². The van der Waals surface area contributed by atoms with Crippen molar-refractivity contribution >= 4 is 11.7 Å². The summed E-state index contributed by atoms with van der Waals surface area (Å²) in [7, 11) is 1.57. The fourth-order valence-electron chi connectivity index (χ4n) is 2.55. The molecule has 23 heavy (non-hydrogen) atoms. The molecular formula is C16H18N4O3. The third-order valence-corrected chi connectivity index (χ3v) is 3.73. The molecule has 7 nitrogen and oxygen atoms in total. The third-order valence-electron chi connectivity index (χ3n) is 3.73. The van der Waals surface area contributed by atoms with Crippen LogP contribution >= 0.6 is 0 Å². The van der Waals surface area contributed by atoms with Crippen LogP contribution in [0.15, 0.2) is 36.7 Å². The molecule has 1 saturated heterocycles. The van der Waals surface area contributed by atoms with Gasteiger partial charge in [-0.2, -0.15) is 0 Å². The Labute approximate surface area is 134 Å². The van der Waals surface area contributed by atoms with E-state index in [0.717, 1.165) is 0 Å². The molecule has 120 valence electrons. The molecule has 1 amide bonds. The highest BCUT2D eigenvalue weighted by molar-refractivity contribution is 5.94. The molecule has 1 fully saturated rings. The van der Waals surface area contributed by atoms with Gasteiger partial charge in [0.05, 0.1) is 20.3 Å². The Kier molecular flexibility index (Phi) is 4.38. The lowest BCUT2D eigenvalue weighted by Gasteiger charge is -2.33. The van der Waals surface area contributed by atoms with Crippen molar-refractivity contribution in [2.24, 2.45) is 0 Å². The van der Waals surface area contributed by atoms with Gasteiger partial charge in [0.15, 0.2) is 0 Å². The number of methoxy groups -OCH3 is 1. The summed E-state index contributed by atoms with van der Waals surface area (Å²) in [5, 5.41) is 0. The molecule has 1 aromatic carbocycles. The molecule has 2 heterocycles. The van der Waals surface area contributed by atoms with Gasteiger partial charge in [-0.05, 0) is 18.2 Å². The van der Waals surface area contributed by atoms with Crippen molar-refractivity contribution < 1.29 is 14.3 Å². The third kappa shape index (κ3) is 3.24. The molecule has 0 aliphatic carbocycles. The van der Waals surface area contributed by atoms with Crippen LogP contribution in [0.2, 0.25) is 0 Å². The molecule has 3 rings (SSSR count). The van der Waals surface area contributed by atoms with Crippen LogP contribution in [0.5, 0.6) is 5.75 Å². The van der Waals surface area contributed by atoms with Crippen LogP contribution in [0.4, 0.5) is 5.82 Å². The average Bonchev–Trinajstić information content (AvgIpc) is 2.61. The number of hydrogen-bond donors (Lipinski definition) is 1. The number of carbonyl (C=O) groups excluding carboxylic acids is 1. The smallest absolute Gasteiger partial charge is 0.254 e. The first-order valence-electron chi connectivity index (χ1n) is 7.30. The number of carbonyl (C=O) groups is 1. The minimum atomic E-state index is -0.369. The Morgan fingerprint density at radius 2 is 2.22 bits per heavy atom. The Morgan fingerprint density at radius 1 is 1.39 bits per heavy atom. The minimum absolute atomic E-state index is 0.0698. The normalized spacial score (nSPS) is 17.8. The number of benzene rings is 1. The van der Waals surface area contributed by atoms with Gasteiger partial charge >= 0.3 is 0 Å². The van der Waals surface area contributed by atoms with Gasteiger partial charge in [-0.3, -0.25) is 9.78 Å². The summed E-state index contributed by atoms with van der Waals surface area (Å²) in [6, 6.07) is 7.10. The van der Waals surface area contributed by atoms with E-state index in [4.69, 9.17) is 15.2 Å². The van der Waals surface area contributed by atoms with E-state index in [1.165, 1.54) is 6.20 Å². The highest BCUT2D eigenvalue weighted by atomic mass is 16.5. The van der Waals surface area contributed by atoms with Crippen LogP contribution in [0.1, 0.15) is 22.2 Å². The first-order valence-corrected chi connectivity index (χ1v) is 7.30. The fraction of sp³-hybridized carbons (Fsp3) is 0.312. The zero-order valence-electron chi connectivity index (χ0n) is 12.8. The van der Waals surface area contributed by atoms with E-state index in [1.54, 1.807) is 42.5 Å². The Bertz CT molecular complexity index is 707. The van der Waals surface area contributed by atoms with Gasteiger partial charge < -0.3 is 20.1 Å². The molecule has 1 aliphatic heterocycles. The highest BCUT2D eigenvalue weighted by Crippen LogP contribution is 2.25. The van der Waals surface area contributed by atoms with Gasteiger partial charge in [0.25, 0.3) is 5.91 Å². The van der Waals surface area contributed by atoms with E-state index in [-0.39, 0.29) is 12.0 Å². The lowest BCUT2D eigenvalue weighted by atomic mass is 10.1. The Balaban J connectivity index is 1.78. The van der Waals surface area contributed by atoms with Crippen LogP contribution in [-0.2, 0) is 4.74 Å². The highest BCUT2D eigenvalue weighted by Gasteiger charge is 2.28. The van der Waals surface area contributed by atoms with E-state index in [9.17, 15) is 4.79 Å². The predicted molar refractivity (Wildman–Crippen MR) is 84.0 cm³/mol. The molecule has 7 heteroatoms. The number of nitrogen functional groups attached to an aromatic ring is 1. The van der Waals surface area contributed by atoms with Gasteiger partial charge in [0, 0.05) is 24.5 Å². The first kappa shape index (κ1) is 15.2. The number of amides is 1. The molecule has 1 atom stereocenters. The second-order valence-corrected chi connectivity index (χ2v) is 5.17. The van der Waals surface area contributed by atoms with Crippen molar-refractivity contribution in [3.63, 3.8) is 0 Å². The second-order valence-electron chi connectivity index (χ2n) is 5.17. The average molecular weight is 314 g/mol. The lowest BCUT2D eigenvalue weighted by Crippen LogP contribution is -2.42. The van der Waals surface area contributed by atoms with E-state index in [2.05, 4.69) is 9.97 Å². The summed E-state index contributed by atoms with van der Waals surface area (Å²) in [4.78, 5) is 22.7. The zero-order chi connectivity index (χ0) is 16.2. The van der Waals surface area contributed by atoms with E-state index >= 15 is 0 Å². The van der Waals surface area contributed by atoms with Gasteiger partial charge in [0.2, 0.25) is 0 Å². The summed E-state index contributed by atoms with van der Waals surface area (Å²) < 4.78 is 10.9.